The Kier molecular flexibility index (Phi) is 3.90. The van der Waals surface area contributed by atoms with Crippen LogP contribution in [0.25, 0.3) is 0 Å². The molecule has 3 rings (SSSR count). The minimum absolute atomic E-state index is 0.0418. The van der Waals surface area contributed by atoms with Crippen molar-refractivity contribution < 1.29 is 14.7 Å². The number of aryl methyl sites for hydroxylation is 1. The lowest BCUT2D eigenvalue weighted by atomic mass is 9.71. The highest BCUT2D eigenvalue weighted by Gasteiger charge is 2.50. The van der Waals surface area contributed by atoms with Gasteiger partial charge in [-0.05, 0) is 26.2 Å². The van der Waals surface area contributed by atoms with Crippen molar-refractivity contribution in [1.29, 1.82) is 0 Å². The van der Waals surface area contributed by atoms with E-state index in [1.165, 1.54) is 0 Å². The van der Waals surface area contributed by atoms with Gasteiger partial charge >= 0.3 is 0 Å². The van der Waals surface area contributed by atoms with Crippen molar-refractivity contribution in [2.45, 2.75) is 38.7 Å². The van der Waals surface area contributed by atoms with E-state index in [4.69, 9.17) is 0 Å². The third-order valence-corrected chi connectivity index (χ3v) is 4.93. The van der Waals surface area contributed by atoms with E-state index in [0.717, 1.165) is 17.8 Å². The van der Waals surface area contributed by atoms with Gasteiger partial charge in [-0.3, -0.25) is 9.59 Å². The number of rotatable bonds is 2. The van der Waals surface area contributed by atoms with Crippen molar-refractivity contribution in [2.75, 3.05) is 19.6 Å². The number of imidazole rings is 1. The van der Waals surface area contributed by atoms with Gasteiger partial charge in [0.2, 0.25) is 11.8 Å². The van der Waals surface area contributed by atoms with Crippen LogP contribution < -0.4 is 5.32 Å². The van der Waals surface area contributed by atoms with E-state index in [2.05, 4.69) is 15.3 Å². The molecule has 2 aliphatic heterocycles. The maximum atomic E-state index is 12.5. The third-order valence-electron chi connectivity index (χ3n) is 4.93. The molecule has 1 spiro atoms. The number of H-pyrrole nitrogens is 1. The molecule has 3 N–H and O–H groups in total. The molecule has 0 unspecified atom stereocenters. The maximum Gasteiger partial charge on any atom is 0.230 e. The van der Waals surface area contributed by atoms with Crippen molar-refractivity contribution in [2.24, 2.45) is 5.41 Å². The SMILES string of the molecule is Cc1[nH]cnc1CC(=O)N1CC[C@@H](O)[C@@]2(CCCNC2=O)C1. The quantitative estimate of drug-likeness (QED) is 0.702. The summed E-state index contributed by atoms with van der Waals surface area (Å²) in [5.41, 5.74) is 0.779. The van der Waals surface area contributed by atoms with Gasteiger partial charge in [0, 0.05) is 25.3 Å². The Balaban J connectivity index is 1.74. The van der Waals surface area contributed by atoms with Gasteiger partial charge in [-0.1, -0.05) is 0 Å². The summed E-state index contributed by atoms with van der Waals surface area (Å²) in [4.78, 5) is 33.6. The number of aromatic amines is 1. The Morgan fingerprint density at radius 3 is 3.09 bits per heavy atom. The molecule has 22 heavy (non-hydrogen) atoms. The van der Waals surface area contributed by atoms with Gasteiger partial charge in [-0.15, -0.1) is 0 Å². The molecule has 2 atom stereocenters. The predicted molar refractivity (Wildman–Crippen MR) is 78.9 cm³/mol. The molecule has 3 heterocycles. The number of carbonyl (C=O) groups is 2. The average molecular weight is 306 g/mol. The predicted octanol–water partition coefficient (Wildman–Crippen LogP) is -0.250. The van der Waals surface area contributed by atoms with Crippen molar-refractivity contribution in [3.63, 3.8) is 0 Å². The first-order chi connectivity index (χ1) is 10.5. The first kappa shape index (κ1) is 15.0. The molecule has 2 saturated heterocycles. The maximum absolute atomic E-state index is 12.5. The van der Waals surface area contributed by atoms with Gasteiger partial charge in [0.1, 0.15) is 0 Å². The second kappa shape index (κ2) is 5.72. The number of carbonyl (C=O) groups excluding carboxylic acids is 2. The van der Waals surface area contributed by atoms with Crippen molar-refractivity contribution in [1.82, 2.24) is 20.2 Å². The summed E-state index contributed by atoms with van der Waals surface area (Å²) in [7, 11) is 0. The summed E-state index contributed by atoms with van der Waals surface area (Å²) < 4.78 is 0. The Bertz CT molecular complexity index is 585. The number of aliphatic hydroxyl groups excluding tert-OH is 1. The van der Waals surface area contributed by atoms with Gasteiger partial charge in [0.25, 0.3) is 0 Å². The number of aromatic nitrogens is 2. The Hall–Kier alpha value is -1.89. The average Bonchev–Trinajstić information content (AvgIpc) is 2.90. The highest BCUT2D eigenvalue weighted by Crippen LogP contribution is 2.37. The van der Waals surface area contributed by atoms with Crippen LogP contribution in [0.2, 0.25) is 0 Å². The van der Waals surface area contributed by atoms with E-state index in [1.807, 2.05) is 6.92 Å². The zero-order chi connectivity index (χ0) is 15.7. The molecule has 0 aliphatic carbocycles. The monoisotopic (exact) mass is 306 g/mol. The molecule has 0 bridgehead atoms. The largest absolute Gasteiger partial charge is 0.392 e. The fraction of sp³-hybridized carbons (Fsp3) is 0.667. The van der Waals surface area contributed by atoms with Crippen LogP contribution in [0.1, 0.15) is 30.7 Å². The second-order valence-corrected chi connectivity index (χ2v) is 6.29. The van der Waals surface area contributed by atoms with E-state index in [1.54, 1.807) is 11.2 Å². The topological polar surface area (TPSA) is 98.3 Å². The minimum Gasteiger partial charge on any atom is -0.392 e. The molecule has 0 radical (unpaired) electrons. The van der Waals surface area contributed by atoms with E-state index in [-0.39, 0.29) is 18.2 Å². The van der Waals surface area contributed by atoms with Gasteiger partial charge in [0.15, 0.2) is 0 Å². The van der Waals surface area contributed by atoms with Gasteiger partial charge in [-0.2, -0.15) is 0 Å². The lowest BCUT2D eigenvalue weighted by Gasteiger charge is -2.46. The van der Waals surface area contributed by atoms with Crippen LogP contribution in [0.5, 0.6) is 0 Å². The zero-order valence-corrected chi connectivity index (χ0v) is 12.8. The number of nitrogens with zero attached hydrogens (tertiary/aromatic N) is 2. The number of likely N-dealkylation sites (tertiary alicyclic amines) is 1. The summed E-state index contributed by atoms with van der Waals surface area (Å²) >= 11 is 0. The molecule has 0 saturated carbocycles. The molecule has 7 heteroatoms. The van der Waals surface area contributed by atoms with Crippen molar-refractivity contribution in [3.05, 3.63) is 17.7 Å². The second-order valence-electron chi connectivity index (χ2n) is 6.29. The van der Waals surface area contributed by atoms with Crippen molar-refractivity contribution in [3.8, 4) is 0 Å². The van der Waals surface area contributed by atoms with Crippen LogP contribution in [-0.4, -0.2) is 57.5 Å². The van der Waals surface area contributed by atoms with E-state index >= 15 is 0 Å². The number of hydrogen-bond donors (Lipinski definition) is 3. The van der Waals surface area contributed by atoms with Crippen LogP contribution in [0, 0.1) is 12.3 Å². The number of nitrogens with one attached hydrogen (secondary N) is 2. The molecule has 0 aromatic carbocycles. The molecule has 7 nitrogen and oxygen atoms in total. The molecule has 120 valence electrons. The van der Waals surface area contributed by atoms with Crippen molar-refractivity contribution >= 4 is 11.8 Å². The van der Waals surface area contributed by atoms with Gasteiger partial charge in [-0.25, -0.2) is 4.98 Å². The molecule has 1 aromatic rings. The Labute approximate surface area is 129 Å². The summed E-state index contributed by atoms with van der Waals surface area (Å²) in [5, 5.41) is 13.2. The number of hydrogen-bond acceptors (Lipinski definition) is 4. The molecular weight excluding hydrogens is 284 g/mol. The van der Waals surface area contributed by atoms with Crippen LogP contribution in [0.3, 0.4) is 0 Å². The fourth-order valence-corrected chi connectivity index (χ4v) is 3.48. The first-order valence-electron chi connectivity index (χ1n) is 7.76. The number of aliphatic hydroxyl groups is 1. The molecule has 2 fully saturated rings. The van der Waals surface area contributed by atoms with Gasteiger partial charge in [0.05, 0.1) is 30.0 Å². The van der Waals surface area contributed by atoms with E-state index in [0.29, 0.717) is 32.5 Å². The summed E-state index contributed by atoms with van der Waals surface area (Å²) in [5.74, 6) is -0.167. The standard InChI is InChI=1S/C15H22N4O3/c1-10-11(18-9-17-10)7-13(21)19-6-3-12(20)15(8-19)4-2-5-16-14(15)22/h9,12,20H,2-8H2,1H3,(H,16,22)(H,17,18)/t12-,15-/m1/s1. The van der Waals surface area contributed by atoms with Crippen LogP contribution in [-0.2, 0) is 16.0 Å². The fourth-order valence-electron chi connectivity index (χ4n) is 3.48. The normalized spacial score (nSPS) is 28.7. The van der Waals surface area contributed by atoms with E-state index < -0.39 is 11.5 Å². The van der Waals surface area contributed by atoms with Crippen LogP contribution in [0.4, 0.5) is 0 Å². The summed E-state index contributed by atoms with van der Waals surface area (Å²) in [6, 6.07) is 0. The third kappa shape index (κ3) is 2.49. The molecule has 2 aliphatic rings. The van der Waals surface area contributed by atoms with Crippen LogP contribution >= 0.6 is 0 Å². The first-order valence-corrected chi connectivity index (χ1v) is 7.76. The lowest BCUT2D eigenvalue weighted by molar-refractivity contribution is -0.154. The minimum atomic E-state index is -0.840. The molecule has 2 amide bonds. The molecule has 1 aromatic heterocycles. The zero-order valence-electron chi connectivity index (χ0n) is 12.8. The smallest absolute Gasteiger partial charge is 0.230 e. The number of piperidine rings is 2. The summed E-state index contributed by atoms with van der Waals surface area (Å²) in [6.07, 6.45) is 3.04. The molecular formula is C15H22N4O3. The lowest BCUT2D eigenvalue weighted by Crippen LogP contribution is -2.62. The highest BCUT2D eigenvalue weighted by molar-refractivity contribution is 5.86. The Morgan fingerprint density at radius 1 is 1.59 bits per heavy atom. The van der Waals surface area contributed by atoms with Gasteiger partial charge < -0.3 is 20.3 Å². The van der Waals surface area contributed by atoms with E-state index in [9.17, 15) is 14.7 Å². The number of amides is 2. The Morgan fingerprint density at radius 2 is 2.41 bits per heavy atom. The summed E-state index contributed by atoms with van der Waals surface area (Å²) in [6.45, 7) is 3.31. The van der Waals surface area contributed by atoms with Crippen LogP contribution in [0.15, 0.2) is 6.33 Å². The highest BCUT2D eigenvalue weighted by atomic mass is 16.3.